The molecule has 0 unspecified atom stereocenters. The van der Waals surface area contributed by atoms with Gasteiger partial charge in [0.05, 0.1) is 11.9 Å². The Hall–Kier alpha value is -1.09. The molecule has 0 saturated heterocycles. The van der Waals surface area contributed by atoms with Gasteiger partial charge in [0.25, 0.3) is 0 Å². The maximum Gasteiger partial charge on any atom is 0.131 e. The van der Waals surface area contributed by atoms with Crippen LogP contribution in [-0.4, -0.2) is 11.2 Å². The van der Waals surface area contributed by atoms with Gasteiger partial charge in [0, 0.05) is 17.8 Å². The zero-order valence-electron chi connectivity index (χ0n) is 4.95. The monoisotopic (exact) mass is 152 g/mol. The van der Waals surface area contributed by atoms with Crippen molar-refractivity contribution in [3.8, 4) is 0 Å². The van der Waals surface area contributed by atoms with Crippen molar-refractivity contribution in [1.29, 1.82) is 0 Å². The number of hydrogen-bond acceptors (Lipinski definition) is 2. The van der Waals surface area contributed by atoms with E-state index in [-0.39, 0.29) is 0 Å². The van der Waals surface area contributed by atoms with Crippen LogP contribution < -0.4 is 5.43 Å². The maximum absolute atomic E-state index is 5.60. The van der Waals surface area contributed by atoms with E-state index in [1.807, 2.05) is 0 Å². The van der Waals surface area contributed by atoms with Crippen molar-refractivity contribution < 1.29 is 0 Å². The van der Waals surface area contributed by atoms with Crippen molar-refractivity contribution in [3.63, 3.8) is 0 Å². The van der Waals surface area contributed by atoms with Crippen molar-refractivity contribution in [3.05, 3.63) is 23.0 Å². The quantitative estimate of drug-likeness (QED) is 0.517. The van der Waals surface area contributed by atoms with E-state index in [1.165, 1.54) is 0 Å². The molecular weight excluding hydrogens is 150 g/mol. The first-order valence-corrected chi connectivity index (χ1v) is 3.14. The zero-order chi connectivity index (χ0) is 6.97. The van der Waals surface area contributed by atoms with Crippen LogP contribution in [0.2, 0.25) is 5.15 Å². The zero-order valence-corrected chi connectivity index (χ0v) is 5.71. The van der Waals surface area contributed by atoms with Gasteiger partial charge >= 0.3 is 0 Å². The number of hydrogen-bond donors (Lipinski definition) is 0. The minimum absolute atomic E-state index is 0.452. The van der Waals surface area contributed by atoms with Crippen LogP contribution in [0.1, 0.15) is 5.56 Å². The van der Waals surface area contributed by atoms with Crippen LogP contribution in [0.4, 0.5) is 5.69 Å². The second-order valence-electron chi connectivity index (χ2n) is 1.91. The van der Waals surface area contributed by atoms with Crippen LogP contribution in [0.5, 0.6) is 0 Å². The molecule has 0 N–H and O–H groups in total. The number of halogens is 1. The summed E-state index contributed by atoms with van der Waals surface area (Å²) >= 11 is 5.60. The Balaban J connectivity index is 2.59. The van der Waals surface area contributed by atoms with E-state index in [1.54, 1.807) is 18.5 Å². The summed E-state index contributed by atoms with van der Waals surface area (Å²) in [7, 11) is 0. The first-order valence-electron chi connectivity index (χ1n) is 2.76. The summed E-state index contributed by atoms with van der Waals surface area (Å²) in [5.41, 5.74) is 5.52. The second-order valence-corrected chi connectivity index (χ2v) is 2.30. The summed E-state index contributed by atoms with van der Waals surface area (Å²) < 4.78 is 0. The molecule has 1 aromatic heterocycles. The highest BCUT2D eigenvalue weighted by Gasteiger charge is 2.07. The molecule has 1 aromatic rings. The Morgan fingerprint density at radius 1 is 1.40 bits per heavy atom. The third-order valence-electron chi connectivity index (χ3n) is 1.24. The van der Waals surface area contributed by atoms with Gasteiger partial charge in [-0.1, -0.05) is 11.6 Å². The Kier molecular flexibility index (Phi) is 1.11. The highest BCUT2D eigenvalue weighted by molar-refractivity contribution is 6.29. The highest BCUT2D eigenvalue weighted by atomic mass is 35.5. The minimum Gasteiger partial charge on any atom is -0.244 e. The van der Waals surface area contributed by atoms with Crippen molar-refractivity contribution in [2.45, 2.75) is 0 Å². The smallest absolute Gasteiger partial charge is 0.131 e. The molecule has 0 amide bonds. The van der Waals surface area contributed by atoms with Crippen LogP contribution >= 0.6 is 11.6 Å². The number of pyridine rings is 1. The Morgan fingerprint density at radius 2 is 2.30 bits per heavy atom. The van der Waals surface area contributed by atoms with E-state index < -0.39 is 0 Å². The fourth-order valence-electron chi connectivity index (χ4n) is 0.770. The summed E-state index contributed by atoms with van der Waals surface area (Å²) in [6, 6.07) is 1.68. The van der Waals surface area contributed by atoms with E-state index in [0.717, 1.165) is 11.3 Å². The summed E-state index contributed by atoms with van der Waals surface area (Å²) in [5, 5.41) is 4.15. The van der Waals surface area contributed by atoms with Crippen molar-refractivity contribution in [1.82, 2.24) is 10.4 Å². The van der Waals surface area contributed by atoms with E-state index in [4.69, 9.17) is 11.6 Å². The Bertz CT molecular complexity index is 295. The molecule has 49 valence electrons. The molecule has 2 rings (SSSR count). The molecule has 0 aromatic carbocycles. The van der Waals surface area contributed by atoms with E-state index in [0.29, 0.717) is 5.15 Å². The molecule has 0 aliphatic carbocycles. The topological polar surface area (TPSA) is 39.4 Å². The van der Waals surface area contributed by atoms with Crippen molar-refractivity contribution in [2.24, 2.45) is 5.10 Å². The second kappa shape index (κ2) is 1.95. The lowest BCUT2D eigenvalue weighted by atomic mass is 10.3. The number of fused-ring (bicyclic) bond motifs is 1. The predicted octanol–water partition coefficient (Wildman–Crippen LogP) is 1.32. The van der Waals surface area contributed by atoms with Crippen LogP contribution in [0.3, 0.4) is 0 Å². The number of aromatic nitrogens is 1. The molecule has 4 heteroatoms. The number of rotatable bonds is 0. The van der Waals surface area contributed by atoms with Gasteiger partial charge in [0.15, 0.2) is 0 Å². The van der Waals surface area contributed by atoms with Gasteiger partial charge in [-0.2, -0.15) is 10.5 Å². The highest BCUT2D eigenvalue weighted by Crippen LogP contribution is 2.20. The van der Waals surface area contributed by atoms with Gasteiger partial charge in [0.1, 0.15) is 5.15 Å². The molecule has 0 saturated carbocycles. The SMILES string of the molecule is Clc1cc2c(cn1)C=N[N]2. The fourth-order valence-corrected chi connectivity index (χ4v) is 0.922. The summed E-state index contributed by atoms with van der Waals surface area (Å²) in [4.78, 5) is 3.86. The van der Waals surface area contributed by atoms with Gasteiger partial charge in [-0.15, -0.1) is 0 Å². The maximum atomic E-state index is 5.60. The third-order valence-corrected chi connectivity index (χ3v) is 1.45. The summed E-state index contributed by atoms with van der Waals surface area (Å²) in [5.74, 6) is 0. The minimum atomic E-state index is 0.452. The van der Waals surface area contributed by atoms with E-state index in [9.17, 15) is 0 Å². The van der Waals surface area contributed by atoms with Crippen LogP contribution in [0.15, 0.2) is 17.4 Å². The molecule has 1 aliphatic heterocycles. The lowest BCUT2D eigenvalue weighted by Crippen LogP contribution is -1.84. The van der Waals surface area contributed by atoms with E-state index in [2.05, 4.69) is 15.5 Å². The Morgan fingerprint density at radius 3 is 3.20 bits per heavy atom. The molecule has 0 atom stereocenters. The summed E-state index contributed by atoms with van der Waals surface area (Å²) in [6.07, 6.45) is 3.30. The standard InChI is InChI=1S/C6H3ClN3/c7-6-1-5-4(2-8-6)3-9-10-5/h1-3H. The van der Waals surface area contributed by atoms with Crippen LogP contribution in [-0.2, 0) is 0 Å². The molecular formula is C6H3ClN3. The molecule has 0 bridgehead atoms. The predicted molar refractivity (Wildman–Crippen MR) is 38.6 cm³/mol. The van der Waals surface area contributed by atoms with Gasteiger partial charge in [-0.3, -0.25) is 0 Å². The largest absolute Gasteiger partial charge is 0.244 e. The molecule has 1 radical (unpaired) electrons. The van der Waals surface area contributed by atoms with Crippen LogP contribution in [0.25, 0.3) is 0 Å². The first kappa shape index (κ1) is 5.68. The molecule has 10 heavy (non-hydrogen) atoms. The first-order chi connectivity index (χ1) is 4.86. The average molecular weight is 153 g/mol. The number of nitrogens with zero attached hydrogens (tertiary/aromatic N) is 3. The molecule has 2 heterocycles. The fraction of sp³-hybridized carbons (Fsp3) is 0. The van der Waals surface area contributed by atoms with Gasteiger partial charge in [-0.05, 0) is 0 Å². The third kappa shape index (κ3) is 0.752. The lowest BCUT2D eigenvalue weighted by molar-refractivity contribution is 0.988. The normalized spacial score (nSPS) is 12.9. The molecule has 0 spiro atoms. The average Bonchev–Trinajstić information content (AvgIpc) is 2.33. The van der Waals surface area contributed by atoms with Gasteiger partial charge < -0.3 is 0 Å². The molecule has 1 aliphatic rings. The van der Waals surface area contributed by atoms with Crippen LogP contribution in [0, 0.1) is 0 Å². The van der Waals surface area contributed by atoms with Gasteiger partial charge in [-0.25, -0.2) is 4.98 Å². The van der Waals surface area contributed by atoms with Gasteiger partial charge in [0.2, 0.25) is 0 Å². The summed E-state index contributed by atoms with van der Waals surface area (Å²) in [6.45, 7) is 0. The Labute approximate surface area is 62.7 Å². The molecule has 3 nitrogen and oxygen atoms in total. The van der Waals surface area contributed by atoms with E-state index >= 15 is 0 Å². The molecule has 0 fully saturated rings. The van der Waals surface area contributed by atoms with Crippen molar-refractivity contribution in [2.75, 3.05) is 0 Å². The van der Waals surface area contributed by atoms with Crippen molar-refractivity contribution >= 4 is 23.5 Å². The lowest BCUT2D eigenvalue weighted by Gasteiger charge is -1.92.